The first-order valence-electron chi connectivity index (χ1n) is 9.81. The van der Waals surface area contributed by atoms with Gasteiger partial charge in [-0.15, -0.1) is 0 Å². The summed E-state index contributed by atoms with van der Waals surface area (Å²) in [5, 5.41) is 3.47. The molecule has 1 atom stereocenters. The van der Waals surface area contributed by atoms with Gasteiger partial charge in [0.05, 0.1) is 22.0 Å². The van der Waals surface area contributed by atoms with Gasteiger partial charge < -0.3 is 4.90 Å². The normalized spacial score (nSPS) is 13.7. The molecule has 0 fully saturated rings. The van der Waals surface area contributed by atoms with Crippen molar-refractivity contribution < 1.29 is 34.8 Å². The molecule has 0 amide bonds. The Morgan fingerprint density at radius 3 is 2.22 bits per heavy atom. The predicted octanol–water partition coefficient (Wildman–Crippen LogP) is 3.51. The number of anilines is 1. The Morgan fingerprint density at radius 1 is 0.944 bits per heavy atom. The van der Waals surface area contributed by atoms with E-state index in [1.807, 2.05) is 0 Å². The zero-order chi connectivity index (χ0) is 26.5. The minimum Gasteiger partial charge on any atom is -0.349 e. The number of hydrogen-bond donors (Lipinski definition) is 0. The van der Waals surface area contributed by atoms with Crippen LogP contribution < -0.4 is 4.90 Å². The smallest absolute Gasteiger partial charge is 0.349 e. The molecular weight excluding hydrogens is 518 g/mol. The van der Waals surface area contributed by atoms with E-state index in [0.29, 0.717) is 6.07 Å². The Bertz CT molecular complexity index is 1520. The van der Waals surface area contributed by atoms with Crippen LogP contribution in [0.3, 0.4) is 0 Å². The fourth-order valence-electron chi connectivity index (χ4n) is 3.36. The van der Waals surface area contributed by atoms with E-state index >= 15 is 0 Å². The molecule has 0 unspecified atom stereocenters. The molecule has 1 aromatic carbocycles. The number of benzene rings is 1. The molecular formula is C19H14F6N8O2S. The minimum absolute atomic E-state index is 0.0886. The van der Waals surface area contributed by atoms with Crippen LogP contribution in [-0.2, 0) is 16.0 Å². The monoisotopic (exact) mass is 532 g/mol. The third-order valence-electron chi connectivity index (χ3n) is 5.22. The van der Waals surface area contributed by atoms with Crippen LogP contribution in [0.5, 0.6) is 0 Å². The first-order chi connectivity index (χ1) is 16.7. The number of rotatable bonds is 5. The van der Waals surface area contributed by atoms with Crippen molar-refractivity contribution in [3.63, 3.8) is 0 Å². The molecule has 10 nitrogen and oxygen atoms in total. The Labute approximate surface area is 198 Å². The highest BCUT2D eigenvalue weighted by molar-refractivity contribution is 7.92. The van der Waals surface area contributed by atoms with Gasteiger partial charge in [0.15, 0.2) is 5.82 Å². The van der Waals surface area contributed by atoms with Gasteiger partial charge in [0.1, 0.15) is 18.5 Å². The average molecular weight is 532 g/mol. The predicted molar refractivity (Wildman–Crippen MR) is 112 cm³/mol. The number of aromatic nitrogens is 7. The molecule has 17 heteroatoms. The lowest BCUT2D eigenvalue weighted by Crippen LogP contribution is -2.27. The summed E-state index contributed by atoms with van der Waals surface area (Å²) in [6.07, 6.45) is -0.345. The Balaban J connectivity index is 1.91. The minimum atomic E-state index is -6.12. The molecule has 0 radical (unpaired) electrons. The van der Waals surface area contributed by atoms with Gasteiger partial charge in [-0.25, -0.2) is 33.3 Å². The molecule has 0 aliphatic heterocycles. The molecule has 4 rings (SSSR count). The lowest BCUT2D eigenvalue weighted by Gasteiger charge is -2.26. The highest BCUT2D eigenvalue weighted by Gasteiger charge is 2.48. The third kappa shape index (κ3) is 4.29. The van der Waals surface area contributed by atoms with Crippen LogP contribution >= 0.6 is 0 Å². The van der Waals surface area contributed by atoms with Crippen LogP contribution in [0.25, 0.3) is 16.9 Å². The number of halogens is 6. The molecule has 0 N–H and O–H groups in total. The van der Waals surface area contributed by atoms with E-state index in [2.05, 4.69) is 30.0 Å². The highest BCUT2D eigenvalue weighted by atomic mass is 32.2. The van der Waals surface area contributed by atoms with Gasteiger partial charge in [-0.1, -0.05) is 0 Å². The first kappa shape index (κ1) is 25.2. The molecule has 4 aromatic rings. The van der Waals surface area contributed by atoms with Gasteiger partial charge in [0.25, 0.3) is 15.8 Å². The van der Waals surface area contributed by atoms with Gasteiger partial charge in [-0.3, -0.25) is 0 Å². The summed E-state index contributed by atoms with van der Waals surface area (Å²) in [4.78, 5) is 19.4. The van der Waals surface area contributed by atoms with E-state index in [-0.39, 0.29) is 23.7 Å². The van der Waals surface area contributed by atoms with Crippen molar-refractivity contribution in [3.05, 3.63) is 54.6 Å². The van der Waals surface area contributed by atoms with E-state index < -0.39 is 48.9 Å². The average Bonchev–Trinajstić information content (AvgIpc) is 3.31. The molecule has 0 aliphatic carbocycles. The second kappa shape index (κ2) is 8.65. The molecule has 0 saturated carbocycles. The van der Waals surface area contributed by atoms with Crippen molar-refractivity contribution in [1.29, 1.82) is 0 Å². The maximum Gasteiger partial charge on any atom is 0.501 e. The van der Waals surface area contributed by atoms with E-state index in [1.165, 1.54) is 35.4 Å². The summed E-state index contributed by atoms with van der Waals surface area (Å²) in [6.45, 7) is 1.57. The van der Waals surface area contributed by atoms with Crippen molar-refractivity contribution in [2.45, 2.75) is 29.5 Å². The summed E-state index contributed by atoms with van der Waals surface area (Å²) in [5.74, 6) is 0.0713. The second-order valence-corrected chi connectivity index (χ2v) is 9.32. The number of hydrogen-bond acceptors (Lipinski definition) is 9. The zero-order valence-corrected chi connectivity index (χ0v) is 19.0. The maximum atomic E-state index is 13.8. The van der Waals surface area contributed by atoms with Crippen molar-refractivity contribution in [3.8, 4) is 5.95 Å². The molecule has 3 heterocycles. The van der Waals surface area contributed by atoms with Crippen LogP contribution in [0.15, 0.2) is 48.1 Å². The molecule has 0 bridgehead atoms. The van der Waals surface area contributed by atoms with Gasteiger partial charge in [0, 0.05) is 24.8 Å². The lowest BCUT2D eigenvalue weighted by atomic mass is 10.1. The highest BCUT2D eigenvalue weighted by Crippen LogP contribution is 2.41. The van der Waals surface area contributed by atoms with Crippen LogP contribution in [0, 0.1) is 0 Å². The van der Waals surface area contributed by atoms with Crippen molar-refractivity contribution in [1.82, 2.24) is 34.7 Å². The summed E-state index contributed by atoms with van der Waals surface area (Å²) in [6, 6.07) is 1.14. The molecule has 3 aromatic heterocycles. The first-order valence-corrected chi connectivity index (χ1v) is 11.3. The quantitative estimate of drug-likeness (QED) is 0.356. The van der Waals surface area contributed by atoms with Crippen LogP contribution in [0.1, 0.15) is 24.4 Å². The molecule has 0 spiro atoms. The molecule has 190 valence electrons. The van der Waals surface area contributed by atoms with E-state index in [4.69, 9.17) is 0 Å². The van der Waals surface area contributed by atoms with E-state index in [9.17, 15) is 34.8 Å². The van der Waals surface area contributed by atoms with Crippen LogP contribution in [0.2, 0.25) is 0 Å². The van der Waals surface area contributed by atoms with Crippen LogP contribution in [-0.4, -0.2) is 55.7 Å². The fraction of sp³-hybridized carbons (Fsp3) is 0.263. The molecule has 0 aliphatic rings. The van der Waals surface area contributed by atoms with E-state index in [1.54, 1.807) is 13.0 Å². The number of sulfone groups is 1. The molecule has 0 saturated heterocycles. The van der Waals surface area contributed by atoms with Crippen molar-refractivity contribution in [2.24, 2.45) is 0 Å². The number of nitrogens with zero attached hydrogens (tertiary/aromatic N) is 8. The Kier molecular flexibility index (Phi) is 6.06. The topological polar surface area (TPSA) is 120 Å². The largest absolute Gasteiger partial charge is 0.501 e. The number of alkyl halides is 6. The number of fused-ring (bicyclic) bond motifs is 1. The van der Waals surface area contributed by atoms with Crippen molar-refractivity contribution in [2.75, 3.05) is 11.9 Å². The van der Waals surface area contributed by atoms with Gasteiger partial charge >= 0.3 is 11.7 Å². The van der Waals surface area contributed by atoms with Crippen LogP contribution in [0.4, 0.5) is 32.2 Å². The van der Waals surface area contributed by atoms with Gasteiger partial charge in [-0.05, 0) is 25.1 Å². The van der Waals surface area contributed by atoms with Gasteiger partial charge in [-0.2, -0.15) is 36.1 Å². The van der Waals surface area contributed by atoms with Gasteiger partial charge in [0.2, 0.25) is 0 Å². The summed E-state index contributed by atoms with van der Waals surface area (Å²) in [5.41, 5.74) is -8.26. The maximum absolute atomic E-state index is 13.8. The fourth-order valence-corrected chi connectivity index (χ4v) is 4.17. The summed E-state index contributed by atoms with van der Waals surface area (Å²) < 4.78 is 106. The SMILES string of the molecule is C[C@@H](c1ncnn1-c1ncccn1)N(C)c1ncnc2c(C(F)(F)F)cc(S(=O)(=O)C(F)(F)F)cc12. The standard InChI is InChI=1S/C19H14F6N8O2S/c1-10(15-30-9-31-33(15)17-26-4-3-5-27-17)32(2)16-12-6-11(36(34,35)19(23,24)25)7-13(18(20,21)22)14(12)28-8-29-16/h3-10H,1-2H3/t10-/m0/s1. The summed E-state index contributed by atoms with van der Waals surface area (Å²) in [7, 11) is -4.73. The zero-order valence-electron chi connectivity index (χ0n) is 18.2. The summed E-state index contributed by atoms with van der Waals surface area (Å²) >= 11 is 0. The Morgan fingerprint density at radius 2 is 1.61 bits per heavy atom. The second-order valence-electron chi connectivity index (χ2n) is 7.38. The van der Waals surface area contributed by atoms with Crippen molar-refractivity contribution >= 4 is 26.6 Å². The van der Waals surface area contributed by atoms with E-state index in [0.717, 1.165) is 6.33 Å². The lowest BCUT2D eigenvalue weighted by molar-refractivity contribution is -0.136. The third-order valence-corrected chi connectivity index (χ3v) is 6.68. The Hall–Kier alpha value is -3.89. The molecule has 36 heavy (non-hydrogen) atoms.